The summed E-state index contributed by atoms with van der Waals surface area (Å²) in [6.07, 6.45) is 1.63. The van der Waals surface area contributed by atoms with Crippen molar-refractivity contribution < 1.29 is 9.72 Å². The van der Waals surface area contributed by atoms with Crippen molar-refractivity contribution in [2.75, 3.05) is 5.43 Å². The molecule has 1 aromatic carbocycles. The molecule has 0 radical (unpaired) electrons. The molecular formula is C12H14N6O3. The van der Waals surface area contributed by atoms with E-state index in [1.165, 1.54) is 18.2 Å². The van der Waals surface area contributed by atoms with Gasteiger partial charge in [-0.25, -0.2) is 0 Å². The molecule has 0 saturated heterocycles. The Morgan fingerprint density at radius 3 is 2.81 bits per heavy atom. The van der Waals surface area contributed by atoms with Crippen molar-refractivity contribution in [3.63, 3.8) is 0 Å². The van der Waals surface area contributed by atoms with Crippen LogP contribution in [0.15, 0.2) is 30.5 Å². The van der Waals surface area contributed by atoms with Gasteiger partial charge in [-0.1, -0.05) is 0 Å². The number of carbonyl (C=O) groups excluding carboxylic acids is 1. The van der Waals surface area contributed by atoms with E-state index >= 15 is 0 Å². The average molecular weight is 290 g/mol. The van der Waals surface area contributed by atoms with E-state index < -0.39 is 4.92 Å². The average Bonchev–Trinajstić information content (AvgIpc) is 2.89. The van der Waals surface area contributed by atoms with Gasteiger partial charge in [0, 0.05) is 24.9 Å². The molecule has 2 aromatic rings. The van der Waals surface area contributed by atoms with Crippen LogP contribution in [0.4, 0.5) is 11.4 Å². The third-order valence-electron chi connectivity index (χ3n) is 2.96. The van der Waals surface area contributed by atoms with E-state index in [4.69, 9.17) is 5.84 Å². The van der Waals surface area contributed by atoms with Crippen LogP contribution in [0.2, 0.25) is 0 Å². The lowest BCUT2D eigenvalue weighted by Crippen LogP contribution is -2.24. The predicted molar refractivity (Wildman–Crippen MR) is 75.3 cm³/mol. The van der Waals surface area contributed by atoms with Gasteiger partial charge >= 0.3 is 0 Å². The van der Waals surface area contributed by atoms with Gasteiger partial charge in [-0.3, -0.25) is 25.4 Å². The van der Waals surface area contributed by atoms with Crippen molar-refractivity contribution in [1.82, 2.24) is 15.1 Å². The Morgan fingerprint density at radius 1 is 1.48 bits per heavy atom. The molecular weight excluding hydrogens is 276 g/mol. The summed E-state index contributed by atoms with van der Waals surface area (Å²) in [7, 11) is 1.77. The zero-order valence-electron chi connectivity index (χ0n) is 11.2. The van der Waals surface area contributed by atoms with Crippen molar-refractivity contribution in [1.29, 1.82) is 0 Å². The molecule has 21 heavy (non-hydrogen) atoms. The maximum absolute atomic E-state index is 12.0. The number of nitrogens with zero attached hydrogens (tertiary/aromatic N) is 3. The number of carbonyl (C=O) groups is 1. The number of nitro groups is 1. The summed E-state index contributed by atoms with van der Waals surface area (Å²) in [5.41, 5.74) is 3.21. The molecule has 9 nitrogen and oxygen atoms in total. The van der Waals surface area contributed by atoms with Crippen molar-refractivity contribution in [2.45, 2.75) is 6.54 Å². The second kappa shape index (κ2) is 6.01. The highest BCUT2D eigenvalue weighted by molar-refractivity contribution is 5.95. The standard InChI is InChI=1S/C12H14N6O3/c1-17-9(4-5-15-17)7-14-12(19)8-2-3-11(18(20)21)10(6-8)16-13/h2-6,16H,7,13H2,1H3,(H,14,19). The van der Waals surface area contributed by atoms with E-state index in [1.54, 1.807) is 24.0 Å². The lowest BCUT2D eigenvalue weighted by molar-refractivity contribution is -0.384. The molecule has 9 heteroatoms. The summed E-state index contributed by atoms with van der Waals surface area (Å²) in [5, 5.41) is 17.5. The number of nitrogen functional groups attached to an aromatic ring is 1. The molecule has 0 unspecified atom stereocenters. The summed E-state index contributed by atoms with van der Waals surface area (Å²) in [4.78, 5) is 22.2. The molecule has 0 aliphatic carbocycles. The number of aromatic nitrogens is 2. The first-order chi connectivity index (χ1) is 10.0. The topological polar surface area (TPSA) is 128 Å². The summed E-state index contributed by atoms with van der Waals surface area (Å²) >= 11 is 0. The minimum Gasteiger partial charge on any atom is -0.346 e. The second-order valence-corrected chi connectivity index (χ2v) is 4.26. The molecule has 0 bridgehead atoms. The van der Waals surface area contributed by atoms with E-state index in [1.807, 2.05) is 0 Å². The van der Waals surface area contributed by atoms with Crippen LogP contribution < -0.4 is 16.6 Å². The van der Waals surface area contributed by atoms with Gasteiger partial charge in [0.2, 0.25) is 0 Å². The van der Waals surface area contributed by atoms with Gasteiger partial charge in [0.25, 0.3) is 11.6 Å². The summed E-state index contributed by atoms with van der Waals surface area (Å²) in [6.45, 7) is 0.303. The summed E-state index contributed by atoms with van der Waals surface area (Å²) in [6, 6.07) is 5.71. The van der Waals surface area contributed by atoms with E-state index in [0.29, 0.717) is 6.54 Å². The van der Waals surface area contributed by atoms with E-state index in [2.05, 4.69) is 15.8 Å². The molecule has 0 fully saturated rings. The van der Waals surface area contributed by atoms with Gasteiger partial charge in [-0.2, -0.15) is 5.10 Å². The zero-order valence-corrected chi connectivity index (χ0v) is 11.2. The van der Waals surface area contributed by atoms with E-state index in [-0.39, 0.29) is 22.8 Å². The van der Waals surface area contributed by atoms with Gasteiger partial charge in [0.15, 0.2) is 0 Å². The van der Waals surface area contributed by atoms with Gasteiger partial charge < -0.3 is 10.7 Å². The Labute approximate surface area is 119 Å². The fourth-order valence-corrected chi connectivity index (χ4v) is 1.80. The monoisotopic (exact) mass is 290 g/mol. The van der Waals surface area contributed by atoms with Crippen LogP contribution in [0, 0.1) is 10.1 Å². The fraction of sp³-hybridized carbons (Fsp3) is 0.167. The van der Waals surface area contributed by atoms with E-state index in [0.717, 1.165) is 5.69 Å². The first-order valence-electron chi connectivity index (χ1n) is 6.03. The Balaban J connectivity index is 2.12. The Kier molecular flexibility index (Phi) is 4.14. The predicted octanol–water partition coefficient (Wildman–Crippen LogP) is 0.544. The first kappa shape index (κ1) is 14.5. The van der Waals surface area contributed by atoms with Crippen LogP contribution >= 0.6 is 0 Å². The van der Waals surface area contributed by atoms with Crippen LogP contribution in [0.1, 0.15) is 16.1 Å². The molecule has 0 aliphatic rings. The highest BCUT2D eigenvalue weighted by Crippen LogP contribution is 2.24. The number of hydrogen-bond donors (Lipinski definition) is 3. The number of hydrogen-bond acceptors (Lipinski definition) is 6. The molecule has 2 rings (SSSR count). The van der Waals surface area contributed by atoms with Crippen molar-refractivity contribution in [3.05, 3.63) is 51.8 Å². The zero-order chi connectivity index (χ0) is 15.4. The minimum absolute atomic E-state index is 0.0770. The minimum atomic E-state index is -0.577. The van der Waals surface area contributed by atoms with Crippen LogP contribution in [-0.4, -0.2) is 20.6 Å². The van der Waals surface area contributed by atoms with Crippen LogP contribution in [-0.2, 0) is 13.6 Å². The third-order valence-corrected chi connectivity index (χ3v) is 2.96. The first-order valence-corrected chi connectivity index (χ1v) is 6.03. The van der Waals surface area contributed by atoms with E-state index in [9.17, 15) is 14.9 Å². The number of nitro benzene ring substituents is 1. The van der Waals surface area contributed by atoms with Crippen LogP contribution in [0.25, 0.3) is 0 Å². The van der Waals surface area contributed by atoms with Crippen LogP contribution in [0.5, 0.6) is 0 Å². The largest absolute Gasteiger partial charge is 0.346 e. The molecule has 110 valence electrons. The fourth-order valence-electron chi connectivity index (χ4n) is 1.80. The summed E-state index contributed by atoms with van der Waals surface area (Å²) < 4.78 is 1.64. The highest BCUT2D eigenvalue weighted by atomic mass is 16.6. The molecule has 4 N–H and O–H groups in total. The van der Waals surface area contributed by atoms with Gasteiger partial charge in [-0.15, -0.1) is 0 Å². The maximum Gasteiger partial charge on any atom is 0.293 e. The van der Waals surface area contributed by atoms with Gasteiger partial charge in [0.05, 0.1) is 17.2 Å². The highest BCUT2D eigenvalue weighted by Gasteiger charge is 2.16. The molecule has 1 heterocycles. The van der Waals surface area contributed by atoms with Gasteiger partial charge in [-0.05, 0) is 18.2 Å². The number of benzene rings is 1. The lowest BCUT2D eigenvalue weighted by Gasteiger charge is -2.07. The number of nitrogens with one attached hydrogen (secondary N) is 2. The SMILES string of the molecule is Cn1nccc1CNC(=O)c1ccc([N+](=O)[O-])c(NN)c1. The van der Waals surface area contributed by atoms with Crippen molar-refractivity contribution in [2.24, 2.45) is 12.9 Å². The molecule has 1 aromatic heterocycles. The quantitative estimate of drug-likeness (QED) is 0.419. The second-order valence-electron chi connectivity index (χ2n) is 4.26. The van der Waals surface area contributed by atoms with Crippen molar-refractivity contribution >= 4 is 17.3 Å². The number of rotatable bonds is 5. The molecule has 0 aliphatic heterocycles. The maximum atomic E-state index is 12.0. The number of aryl methyl sites for hydroxylation is 1. The Hall–Kier alpha value is -2.94. The number of nitrogens with two attached hydrogens (primary N) is 1. The Bertz CT molecular complexity index is 681. The third kappa shape index (κ3) is 3.15. The molecule has 1 amide bonds. The lowest BCUT2D eigenvalue weighted by atomic mass is 10.1. The summed E-state index contributed by atoms with van der Waals surface area (Å²) in [5.74, 6) is 4.87. The Morgan fingerprint density at radius 2 is 2.24 bits per heavy atom. The number of hydrazine groups is 1. The molecule has 0 saturated carbocycles. The molecule has 0 atom stereocenters. The number of anilines is 1. The number of amides is 1. The van der Waals surface area contributed by atoms with Crippen LogP contribution in [0.3, 0.4) is 0 Å². The smallest absolute Gasteiger partial charge is 0.293 e. The van der Waals surface area contributed by atoms with Crippen molar-refractivity contribution in [3.8, 4) is 0 Å². The van der Waals surface area contributed by atoms with Gasteiger partial charge in [0.1, 0.15) is 5.69 Å². The molecule has 0 spiro atoms. The normalized spacial score (nSPS) is 10.2.